The first kappa shape index (κ1) is 15.6. The largest absolute Gasteiger partial charge is 0.370 e. The van der Waals surface area contributed by atoms with Gasteiger partial charge >= 0.3 is 0 Å². The Morgan fingerprint density at radius 3 is 2.95 bits per heavy atom. The second kappa shape index (κ2) is 7.84. The van der Waals surface area contributed by atoms with Gasteiger partial charge in [0.2, 0.25) is 0 Å². The van der Waals surface area contributed by atoms with E-state index in [0.717, 1.165) is 44.7 Å². The molecule has 0 saturated carbocycles. The van der Waals surface area contributed by atoms with Gasteiger partial charge in [-0.15, -0.1) is 0 Å². The fourth-order valence-corrected chi connectivity index (χ4v) is 3.28. The number of thioether (sulfide) groups is 1. The van der Waals surface area contributed by atoms with Crippen LogP contribution in [0.5, 0.6) is 0 Å². The quantitative estimate of drug-likeness (QED) is 0.608. The zero-order valence-corrected chi connectivity index (χ0v) is 12.6. The highest BCUT2D eigenvalue weighted by Crippen LogP contribution is 2.36. The van der Waals surface area contributed by atoms with Crippen molar-refractivity contribution < 1.29 is 8.78 Å². The van der Waals surface area contributed by atoms with Gasteiger partial charge in [-0.25, -0.2) is 0 Å². The van der Waals surface area contributed by atoms with Crippen LogP contribution in [-0.4, -0.2) is 31.9 Å². The second-order valence-corrected chi connectivity index (χ2v) is 6.18. The van der Waals surface area contributed by atoms with Crippen molar-refractivity contribution in [3.8, 4) is 0 Å². The Morgan fingerprint density at radius 1 is 1.40 bits per heavy atom. The second-order valence-electron chi connectivity index (χ2n) is 5.15. The monoisotopic (exact) mass is 300 g/mol. The molecular weight excluding hydrogens is 278 g/mol. The predicted molar refractivity (Wildman–Crippen MR) is 81.8 cm³/mol. The predicted octanol–water partition coefficient (Wildman–Crippen LogP) is 3.83. The highest BCUT2D eigenvalue weighted by molar-refractivity contribution is 7.99. The maximum atomic E-state index is 12.6. The van der Waals surface area contributed by atoms with Crippen molar-refractivity contribution >= 4 is 17.4 Å². The van der Waals surface area contributed by atoms with E-state index in [2.05, 4.69) is 17.1 Å². The molecule has 20 heavy (non-hydrogen) atoms. The van der Waals surface area contributed by atoms with Crippen LogP contribution in [-0.2, 0) is 0 Å². The molecule has 0 bridgehead atoms. The number of rotatable bonds is 7. The minimum atomic E-state index is -2.36. The summed E-state index contributed by atoms with van der Waals surface area (Å²) in [6.07, 6.45) is 2.27. The molecule has 1 fully saturated rings. The number of para-hydroxylation sites is 1. The van der Waals surface area contributed by atoms with Crippen molar-refractivity contribution in [2.45, 2.75) is 30.4 Å². The Morgan fingerprint density at radius 2 is 2.20 bits per heavy atom. The molecule has 5 heteroatoms. The van der Waals surface area contributed by atoms with E-state index in [1.54, 1.807) is 6.07 Å². The minimum absolute atomic E-state index is 0.617. The van der Waals surface area contributed by atoms with Gasteiger partial charge in [-0.2, -0.15) is 8.78 Å². The van der Waals surface area contributed by atoms with Crippen molar-refractivity contribution in [3.63, 3.8) is 0 Å². The van der Waals surface area contributed by atoms with Gasteiger partial charge in [-0.05, 0) is 44.0 Å². The molecule has 1 aromatic rings. The van der Waals surface area contributed by atoms with Gasteiger partial charge in [0.25, 0.3) is 5.76 Å². The number of hydrogen-bond acceptors (Lipinski definition) is 3. The van der Waals surface area contributed by atoms with E-state index >= 15 is 0 Å². The number of halogens is 2. The molecule has 2 nitrogen and oxygen atoms in total. The zero-order valence-electron chi connectivity index (χ0n) is 11.8. The first-order chi connectivity index (χ1) is 9.70. The SMILES string of the molecule is CCCNCC1CCN(c2ccccc2SC(F)F)C1. The number of anilines is 1. The first-order valence-corrected chi connectivity index (χ1v) is 8.08. The molecule has 1 aromatic carbocycles. The molecule has 0 radical (unpaired) electrons. The highest BCUT2D eigenvalue weighted by atomic mass is 32.2. The summed E-state index contributed by atoms with van der Waals surface area (Å²) < 4.78 is 25.2. The summed E-state index contributed by atoms with van der Waals surface area (Å²) in [6.45, 7) is 6.14. The fourth-order valence-electron chi connectivity index (χ4n) is 2.62. The molecule has 1 N–H and O–H groups in total. The lowest BCUT2D eigenvalue weighted by atomic mass is 10.1. The number of nitrogens with zero attached hydrogens (tertiary/aromatic N) is 1. The third-order valence-corrected chi connectivity index (χ3v) is 4.34. The fraction of sp³-hybridized carbons (Fsp3) is 0.600. The van der Waals surface area contributed by atoms with Crippen molar-refractivity contribution in [3.05, 3.63) is 24.3 Å². The van der Waals surface area contributed by atoms with Crippen molar-refractivity contribution in [2.24, 2.45) is 5.92 Å². The molecule has 0 aliphatic carbocycles. The van der Waals surface area contributed by atoms with Crippen LogP contribution in [0, 0.1) is 5.92 Å². The average Bonchev–Trinajstić information content (AvgIpc) is 2.88. The lowest BCUT2D eigenvalue weighted by Gasteiger charge is -2.21. The number of hydrogen-bond donors (Lipinski definition) is 1. The summed E-state index contributed by atoms with van der Waals surface area (Å²) in [4.78, 5) is 2.92. The summed E-state index contributed by atoms with van der Waals surface area (Å²) in [6, 6.07) is 7.49. The maximum absolute atomic E-state index is 12.6. The lowest BCUT2D eigenvalue weighted by molar-refractivity contribution is 0.252. The van der Waals surface area contributed by atoms with Gasteiger partial charge in [0.1, 0.15) is 0 Å². The molecule has 1 atom stereocenters. The Balaban J connectivity index is 1.95. The molecule has 0 aromatic heterocycles. The van der Waals surface area contributed by atoms with Crippen LogP contribution in [0.4, 0.5) is 14.5 Å². The minimum Gasteiger partial charge on any atom is -0.370 e. The van der Waals surface area contributed by atoms with E-state index in [4.69, 9.17) is 0 Å². The van der Waals surface area contributed by atoms with Gasteiger partial charge in [0, 0.05) is 18.0 Å². The van der Waals surface area contributed by atoms with Crippen LogP contribution in [0.1, 0.15) is 19.8 Å². The van der Waals surface area contributed by atoms with E-state index in [0.29, 0.717) is 22.6 Å². The molecule has 1 heterocycles. The summed E-state index contributed by atoms with van der Waals surface area (Å²) in [5, 5.41) is 3.44. The van der Waals surface area contributed by atoms with Crippen molar-refractivity contribution in [1.29, 1.82) is 0 Å². The van der Waals surface area contributed by atoms with Crippen LogP contribution in [0.15, 0.2) is 29.2 Å². The normalized spacial score (nSPS) is 19.0. The van der Waals surface area contributed by atoms with Crippen LogP contribution in [0.3, 0.4) is 0 Å². The van der Waals surface area contributed by atoms with Gasteiger partial charge in [-0.1, -0.05) is 30.8 Å². The first-order valence-electron chi connectivity index (χ1n) is 7.20. The van der Waals surface area contributed by atoms with Crippen LogP contribution in [0.25, 0.3) is 0 Å². The number of benzene rings is 1. The Kier molecular flexibility index (Phi) is 6.10. The highest BCUT2D eigenvalue weighted by Gasteiger charge is 2.24. The molecule has 2 rings (SSSR count). The zero-order chi connectivity index (χ0) is 14.4. The number of alkyl halides is 2. The molecule has 1 aliphatic rings. The Labute approximate surface area is 123 Å². The lowest BCUT2D eigenvalue weighted by Crippen LogP contribution is -2.27. The third kappa shape index (κ3) is 4.35. The van der Waals surface area contributed by atoms with Gasteiger partial charge < -0.3 is 10.2 Å². The van der Waals surface area contributed by atoms with E-state index in [9.17, 15) is 8.78 Å². The van der Waals surface area contributed by atoms with Crippen LogP contribution >= 0.6 is 11.8 Å². The van der Waals surface area contributed by atoms with Gasteiger partial charge in [0.15, 0.2) is 0 Å². The van der Waals surface area contributed by atoms with E-state index in [1.807, 2.05) is 18.2 Å². The molecule has 112 valence electrons. The Bertz CT molecular complexity index is 415. The topological polar surface area (TPSA) is 15.3 Å². The molecule has 1 unspecified atom stereocenters. The average molecular weight is 300 g/mol. The smallest absolute Gasteiger partial charge is 0.288 e. The van der Waals surface area contributed by atoms with Gasteiger partial charge in [-0.3, -0.25) is 0 Å². The van der Waals surface area contributed by atoms with Crippen LogP contribution < -0.4 is 10.2 Å². The number of nitrogens with one attached hydrogen (secondary N) is 1. The molecule has 1 aliphatic heterocycles. The van der Waals surface area contributed by atoms with Gasteiger partial charge in [0.05, 0.1) is 5.69 Å². The molecule has 0 amide bonds. The summed E-state index contributed by atoms with van der Waals surface area (Å²) in [7, 11) is 0. The molecular formula is C15H22F2N2S. The summed E-state index contributed by atoms with van der Waals surface area (Å²) >= 11 is 0.644. The standard InChI is InChI=1S/C15H22F2N2S/c1-2-8-18-10-12-7-9-19(11-12)13-5-3-4-6-14(13)20-15(16)17/h3-6,12,15,18H,2,7-11H2,1H3. The third-order valence-electron chi connectivity index (χ3n) is 3.57. The van der Waals surface area contributed by atoms with Crippen LogP contribution in [0.2, 0.25) is 0 Å². The molecule has 1 saturated heterocycles. The summed E-state index contributed by atoms with van der Waals surface area (Å²) in [5.41, 5.74) is 0.954. The Hall–Kier alpha value is -0.810. The van der Waals surface area contributed by atoms with Crippen molar-refractivity contribution in [2.75, 3.05) is 31.1 Å². The molecule has 0 spiro atoms. The van der Waals surface area contributed by atoms with E-state index in [-0.39, 0.29) is 0 Å². The summed E-state index contributed by atoms with van der Waals surface area (Å²) in [5.74, 6) is -1.74. The maximum Gasteiger partial charge on any atom is 0.288 e. The van der Waals surface area contributed by atoms with E-state index in [1.165, 1.54) is 0 Å². The van der Waals surface area contributed by atoms with Crippen molar-refractivity contribution in [1.82, 2.24) is 5.32 Å². The van der Waals surface area contributed by atoms with E-state index < -0.39 is 5.76 Å².